The van der Waals surface area contributed by atoms with Crippen LogP contribution in [0.4, 0.5) is 0 Å². The van der Waals surface area contributed by atoms with Gasteiger partial charge >= 0.3 is 0 Å². The van der Waals surface area contributed by atoms with Crippen LogP contribution in [0.3, 0.4) is 0 Å². The summed E-state index contributed by atoms with van der Waals surface area (Å²) >= 11 is 0. The maximum Gasteiger partial charge on any atom is 0.296 e. The maximum absolute atomic E-state index is 11.5. The second-order valence-electron chi connectivity index (χ2n) is 3.97. The monoisotopic (exact) mass is 306 g/mol. The lowest BCUT2D eigenvalue weighted by molar-refractivity contribution is 0.221. The topological polar surface area (TPSA) is 104 Å². The van der Waals surface area contributed by atoms with Crippen LogP contribution in [0, 0.1) is 6.92 Å². The number of hydrogen-bond acceptors (Lipinski definition) is 6. The highest BCUT2D eigenvalue weighted by Gasteiger charge is 2.13. The molecule has 0 aromatic heterocycles. The summed E-state index contributed by atoms with van der Waals surface area (Å²) in [5.41, 5.74) is 0.990. The van der Waals surface area contributed by atoms with Gasteiger partial charge in [-0.25, -0.2) is 0 Å². The number of aliphatic hydroxyl groups is 3. The molecule has 0 aliphatic carbocycles. The molecule has 1 aromatic rings. The van der Waals surface area contributed by atoms with Gasteiger partial charge in [-0.2, -0.15) is 8.42 Å². The average molecular weight is 306 g/mol. The minimum absolute atomic E-state index is 0.00666. The van der Waals surface area contributed by atoms with Crippen molar-refractivity contribution >= 4 is 10.1 Å². The van der Waals surface area contributed by atoms with Crippen molar-refractivity contribution in [1.29, 1.82) is 0 Å². The molecular weight excluding hydrogens is 284 g/mol. The molecule has 0 atom stereocenters. The Bertz CT molecular complexity index is 438. The molecule has 3 N–H and O–H groups in total. The maximum atomic E-state index is 11.5. The van der Waals surface area contributed by atoms with E-state index in [9.17, 15) is 8.42 Å². The summed E-state index contributed by atoms with van der Waals surface area (Å²) in [7, 11) is -3.66. The Balaban J connectivity index is 0.000000621. The average Bonchev–Trinajstić information content (AvgIpc) is 2.41. The summed E-state index contributed by atoms with van der Waals surface area (Å²) in [4.78, 5) is 0.144. The van der Waals surface area contributed by atoms with Gasteiger partial charge in [0.05, 0.1) is 11.5 Å². The van der Waals surface area contributed by atoms with E-state index in [-0.39, 0.29) is 31.3 Å². The smallest absolute Gasteiger partial charge is 0.296 e. The predicted octanol–water partition coefficient (Wildman–Crippen LogP) is 0.444. The van der Waals surface area contributed by atoms with E-state index in [1.165, 1.54) is 12.1 Å². The molecule has 0 fully saturated rings. The highest BCUT2D eigenvalue weighted by molar-refractivity contribution is 7.86. The SMILES string of the molecule is Cc1ccc(S(=O)(=O)OCCCO)cc1.OCCCO. The van der Waals surface area contributed by atoms with E-state index in [2.05, 4.69) is 0 Å². The summed E-state index contributed by atoms with van der Waals surface area (Å²) in [5.74, 6) is 0. The van der Waals surface area contributed by atoms with Crippen LogP contribution in [0.5, 0.6) is 0 Å². The van der Waals surface area contributed by atoms with Crippen LogP contribution in [0.1, 0.15) is 18.4 Å². The van der Waals surface area contributed by atoms with Crippen LogP contribution in [0.2, 0.25) is 0 Å². The Hall–Kier alpha value is -0.990. The first-order valence-electron chi connectivity index (χ1n) is 6.26. The Morgan fingerprint density at radius 2 is 1.45 bits per heavy atom. The number of aliphatic hydroxyl groups excluding tert-OH is 3. The van der Waals surface area contributed by atoms with Gasteiger partial charge in [0, 0.05) is 19.8 Å². The first kappa shape index (κ1) is 19.0. The van der Waals surface area contributed by atoms with E-state index in [4.69, 9.17) is 19.5 Å². The molecule has 0 bridgehead atoms. The zero-order valence-electron chi connectivity index (χ0n) is 11.5. The molecule has 0 amide bonds. The molecule has 1 rings (SSSR count). The van der Waals surface area contributed by atoms with Crippen molar-refractivity contribution in [3.63, 3.8) is 0 Å². The van der Waals surface area contributed by atoms with Crippen molar-refractivity contribution in [3.8, 4) is 0 Å². The molecule has 0 radical (unpaired) electrons. The van der Waals surface area contributed by atoms with E-state index in [0.29, 0.717) is 12.8 Å². The fourth-order valence-corrected chi connectivity index (χ4v) is 2.02. The Morgan fingerprint density at radius 3 is 1.85 bits per heavy atom. The minimum atomic E-state index is -3.66. The summed E-state index contributed by atoms with van der Waals surface area (Å²) in [5, 5.41) is 24.3. The van der Waals surface area contributed by atoms with Gasteiger partial charge in [0.2, 0.25) is 0 Å². The van der Waals surface area contributed by atoms with Crippen LogP contribution >= 0.6 is 0 Å². The van der Waals surface area contributed by atoms with Gasteiger partial charge in [-0.1, -0.05) is 17.7 Å². The lowest BCUT2D eigenvalue weighted by Gasteiger charge is -2.04. The highest BCUT2D eigenvalue weighted by Crippen LogP contribution is 2.13. The normalized spacial score (nSPS) is 10.8. The lowest BCUT2D eigenvalue weighted by Crippen LogP contribution is -2.08. The molecule has 0 heterocycles. The van der Waals surface area contributed by atoms with Gasteiger partial charge in [0.25, 0.3) is 10.1 Å². The molecule has 6 nitrogen and oxygen atoms in total. The molecule has 20 heavy (non-hydrogen) atoms. The number of hydrogen-bond donors (Lipinski definition) is 3. The fraction of sp³-hybridized carbons (Fsp3) is 0.538. The third kappa shape index (κ3) is 8.23. The molecular formula is C13H22O6S. The van der Waals surface area contributed by atoms with Crippen LogP contribution in [-0.4, -0.2) is 50.2 Å². The van der Waals surface area contributed by atoms with E-state index in [1.807, 2.05) is 6.92 Å². The second-order valence-corrected chi connectivity index (χ2v) is 5.58. The zero-order valence-corrected chi connectivity index (χ0v) is 12.3. The third-order valence-corrected chi connectivity index (χ3v) is 3.49. The first-order chi connectivity index (χ1) is 9.47. The van der Waals surface area contributed by atoms with Crippen molar-refractivity contribution in [1.82, 2.24) is 0 Å². The van der Waals surface area contributed by atoms with Crippen LogP contribution < -0.4 is 0 Å². The van der Waals surface area contributed by atoms with Gasteiger partial charge in [0.15, 0.2) is 0 Å². The number of aryl methyl sites for hydroxylation is 1. The Morgan fingerprint density at radius 1 is 0.950 bits per heavy atom. The first-order valence-corrected chi connectivity index (χ1v) is 7.67. The van der Waals surface area contributed by atoms with Crippen molar-refractivity contribution < 1.29 is 27.9 Å². The van der Waals surface area contributed by atoms with E-state index in [1.54, 1.807) is 12.1 Å². The van der Waals surface area contributed by atoms with Crippen molar-refractivity contribution in [2.75, 3.05) is 26.4 Å². The van der Waals surface area contributed by atoms with Crippen molar-refractivity contribution in [2.24, 2.45) is 0 Å². The predicted molar refractivity (Wildman–Crippen MR) is 74.8 cm³/mol. The molecule has 0 saturated heterocycles. The van der Waals surface area contributed by atoms with E-state index in [0.717, 1.165) is 5.56 Å². The molecule has 0 aliphatic heterocycles. The van der Waals surface area contributed by atoms with Gasteiger partial charge in [-0.3, -0.25) is 4.18 Å². The van der Waals surface area contributed by atoms with E-state index < -0.39 is 10.1 Å². The van der Waals surface area contributed by atoms with Crippen LogP contribution in [0.15, 0.2) is 29.2 Å². The summed E-state index contributed by atoms with van der Waals surface area (Å²) in [6.45, 7) is 1.99. The van der Waals surface area contributed by atoms with Crippen molar-refractivity contribution in [2.45, 2.75) is 24.7 Å². The Kier molecular flexibility index (Phi) is 10.2. The van der Waals surface area contributed by atoms with Crippen molar-refractivity contribution in [3.05, 3.63) is 29.8 Å². The quantitative estimate of drug-likeness (QED) is 0.499. The molecule has 0 unspecified atom stereocenters. The molecule has 7 heteroatoms. The molecule has 116 valence electrons. The van der Waals surface area contributed by atoms with Gasteiger partial charge in [-0.05, 0) is 31.9 Å². The summed E-state index contributed by atoms with van der Waals surface area (Å²) in [6, 6.07) is 6.43. The third-order valence-electron chi connectivity index (χ3n) is 2.17. The molecule has 0 aliphatic rings. The second kappa shape index (κ2) is 10.8. The largest absolute Gasteiger partial charge is 0.396 e. The van der Waals surface area contributed by atoms with E-state index >= 15 is 0 Å². The van der Waals surface area contributed by atoms with Crippen LogP contribution in [-0.2, 0) is 14.3 Å². The van der Waals surface area contributed by atoms with Gasteiger partial charge in [0.1, 0.15) is 0 Å². The number of benzene rings is 1. The zero-order chi connectivity index (χ0) is 15.4. The summed E-state index contributed by atoms with van der Waals surface area (Å²) < 4.78 is 27.7. The molecule has 0 spiro atoms. The highest BCUT2D eigenvalue weighted by atomic mass is 32.2. The van der Waals surface area contributed by atoms with Gasteiger partial charge < -0.3 is 15.3 Å². The molecule has 1 aromatic carbocycles. The van der Waals surface area contributed by atoms with Gasteiger partial charge in [-0.15, -0.1) is 0 Å². The lowest BCUT2D eigenvalue weighted by atomic mass is 10.2. The fourth-order valence-electron chi connectivity index (χ4n) is 1.08. The standard InChI is InChI=1S/C10H14O4S.C3H8O2/c1-9-3-5-10(6-4-9)15(12,13)14-8-2-7-11;4-2-1-3-5/h3-6,11H,2,7-8H2,1H3;4-5H,1-3H2. The summed E-state index contributed by atoms with van der Waals surface area (Å²) in [6.07, 6.45) is 0.811. The number of rotatable bonds is 7. The molecule has 0 saturated carbocycles. The minimum Gasteiger partial charge on any atom is -0.396 e. The Labute approximate surface area is 119 Å². The van der Waals surface area contributed by atoms with Crippen LogP contribution in [0.25, 0.3) is 0 Å².